The van der Waals surface area contributed by atoms with E-state index in [9.17, 15) is 0 Å². The van der Waals surface area contributed by atoms with Gasteiger partial charge in [0.2, 0.25) is 0 Å². The molecule has 0 bridgehead atoms. The highest BCUT2D eigenvalue weighted by Crippen LogP contribution is 2.24. The van der Waals surface area contributed by atoms with Crippen LogP contribution in [0.4, 0.5) is 0 Å². The van der Waals surface area contributed by atoms with Crippen LogP contribution in [-0.2, 0) is 0 Å². The van der Waals surface area contributed by atoms with E-state index in [1.54, 1.807) is 0 Å². The molecule has 1 heterocycles. The lowest BCUT2D eigenvalue weighted by atomic mass is 10.1. The highest BCUT2D eigenvalue weighted by molar-refractivity contribution is 7.71. The van der Waals surface area contributed by atoms with Crippen molar-refractivity contribution in [2.45, 2.75) is 40.2 Å². The average Bonchev–Trinajstić information content (AvgIpc) is 2.51. The maximum Gasteiger partial charge on any atom is 0.178 e. The molecule has 0 radical (unpaired) electrons. The van der Waals surface area contributed by atoms with E-state index >= 15 is 0 Å². The lowest BCUT2D eigenvalue weighted by Crippen LogP contribution is -2.08. The molecule has 0 spiro atoms. The Kier molecular flexibility index (Phi) is 3.38. The van der Waals surface area contributed by atoms with Crippen molar-refractivity contribution in [2.75, 3.05) is 0 Å². The molecule has 3 heteroatoms. The molecular formula is C14H20N2S. The molecule has 1 atom stereocenters. The number of nitrogens with zero attached hydrogens (tertiary/aromatic N) is 1. The fraction of sp³-hybridized carbons (Fsp3) is 0.500. The quantitative estimate of drug-likeness (QED) is 0.786. The van der Waals surface area contributed by atoms with Crippen molar-refractivity contribution < 1.29 is 0 Å². The van der Waals surface area contributed by atoms with Crippen molar-refractivity contribution >= 4 is 23.3 Å². The molecule has 1 unspecified atom stereocenters. The summed E-state index contributed by atoms with van der Waals surface area (Å²) in [4.78, 5) is 3.30. The Bertz CT molecular complexity index is 577. The van der Waals surface area contributed by atoms with Gasteiger partial charge in [-0.3, -0.25) is 0 Å². The van der Waals surface area contributed by atoms with Crippen LogP contribution in [0.5, 0.6) is 0 Å². The van der Waals surface area contributed by atoms with E-state index in [0.29, 0.717) is 12.0 Å². The first kappa shape index (κ1) is 12.4. The number of benzene rings is 1. The minimum atomic E-state index is 0.443. The summed E-state index contributed by atoms with van der Waals surface area (Å²) in [5.74, 6) is 0.683. The predicted molar refractivity (Wildman–Crippen MR) is 76.0 cm³/mol. The number of imidazole rings is 1. The molecule has 2 rings (SSSR count). The van der Waals surface area contributed by atoms with E-state index in [1.165, 1.54) is 11.1 Å². The summed E-state index contributed by atoms with van der Waals surface area (Å²) in [5, 5.41) is 0. The molecule has 1 N–H and O–H groups in total. The number of aromatic nitrogens is 2. The molecule has 0 fully saturated rings. The third-order valence-electron chi connectivity index (χ3n) is 3.13. The highest BCUT2D eigenvalue weighted by atomic mass is 32.1. The van der Waals surface area contributed by atoms with Crippen LogP contribution in [0.3, 0.4) is 0 Å². The molecular weight excluding hydrogens is 228 g/mol. The zero-order valence-corrected chi connectivity index (χ0v) is 11.8. The van der Waals surface area contributed by atoms with Gasteiger partial charge in [0.05, 0.1) is 11.0 Å². The van der Waals surface area contributed by atoms with Gasteiger partial charge in [0.1, 0.15) is 0 Å². The number of H-pyrrole nitrogens is 1. The first-order valence-electron chi connectivity index (χ1n) is 6.20. The third kappa shape index (κ3) is 2.44. The van der Waals surface area contributed by atoms with Gasteiger partial charge in [-0.2, -0.15) is 0 Å². The number of nitrogens with one attached hydrogen (secondary N) is 1. The second-order valence-electron chi connectivity index (χ2n) is 5.30. The molecule has 1 aromatic heterocycles. The second-order valence-corrected chi connectivity index (χ2v) is 5.69. The summed E-state index contributed by atoms with van der Waals surface area (Å²) < 4.78 is 3.07. The Hall–Kier alpha value is -1.09. The number of hydrogen-bond acceptors (Lipinski definition) is 1. The SMILES string of the molecule is Cc1ccc2c(c1)[nH]c(=S)n2C(C)CC(C)C. The van der Waals surface area contributed by atoms with E-state index in [-0.39, 0.29) is 0 Å². The average molecular weight is 248 g/mol. The monoisotopic (exact) mass is 248 g/mol. The number of aryl methyl sites for hydroxylation is 1. The van der Waals surface area contributed by atoms with Crippen molar-refractivity contribution in [3.05, 3.63) is 28.5 Å². The lowest BCUT2D eigenvalue weighted by Gasteiger charge is -2.16. The van der Waals surface area contributed by atoms with Crippen molar-refractivity contribution in [3.8, 4) is 0 Å². The molecule has 2 aromatic rings. The summed E-state index contributed by atoms with van der Waals surface area (Å²) in [6.07, 6.45) is 1.15. The van der Waals surface area contributed by atoms with Gasteiger partial charge in [0.15, 0.2) is 4.77 Å². The number of rotatable bonds is 3. The van der Waals surface area contributed by atoms with Crippen LogP contribution in [0, 0.1) is 17.6 Å². The Morgan fingerprint density at radius 3 is 2.65 bits per heavy atom. The van der Waals surface area contributed by atoms with Crippen molar-refractivity contribution in [1.82, 2.24) is 9.55 Å². The van der Waals surface area contributed by atoms with Crippen LogP contribution in [0.25, 0.3) is 11.0 Å². The van der Waals surface area contributed by atoms with E-state index < -0.39 is 0 Å². The van der Waals surface area contributed by atoms with E-state index in [4.69, 9.17) is 12.2 Å². The van der Waals surface area contributed by atoms with Gasteiger partial charge >= 0.3 is 0 Å². The molecule has 17 heavy (non-hydrogen) atoms. The maximum atomic E-state index is 5.43. The summed E-state index contributed by atoms with van der Waals surface area (Å²) in [5.41, 5.74) is 3.62. The fourth-order valence-corrected chi connectivity index (χ4v) is 2.86. The van der Waals surface area contributed by atoms with E-state index in [1.807, 2.05) is 0 Å². The van der Waals surface area contributed by atoms with E-state index in [0.717, 1.165) is 16.7 Å². The molecule has 92 valence electrons. The number of hydrogen-bond donors (Lipinski definition) is 1. The number of aromatic amines is 1. The first-order valence-corrected chi connectivity index (χ1v) is 6.60. The predicted octanol–water partition coefficient (Wildman–Crippen LogP) is 4.61. The van der Waals surface area contributed by atoms with Crippen LogP contribution in [0.2, 0.25) is 0 Å². The smallest absolute Gasteiger partial charge is 0.178 e. The van der Waals surface area contributed by atoms with Gasteiger partial charge in [-0.15, -0.1) is 0 Å². The zero-order valence-electron chi connectivity index (χ0n) is 10.9. The lowest BCUT2D eigenvalue weighted by molar-refractivity contribution is 0.432. The Labute approximate surface area is 108 Å². The highest BCUT2D eigenvalue weighted by Gasteiger charge is 2.12. The van der Waals surface area contributed by atoms with Crippen molar-refractivity contribution in [3.63, 3.8) is 0 Å². The summed E-state index contributed by atoms with van der Waals surface area (Å²) in [7, 11) is 0. The van der Waals surface area contributed by atoms with Crippen LogP contribution < -0.4 is 0 Å². The van der Waals surface area contributed by atoms with Gasteiger partial charge < -0.3 is 9.55 Å². The summed E-state index contributed by atoms with van der Waals surface area (Å²) in [6, 6.07) is 6.90. The minimum absolute atomic E-state index is 0.443. The largest absolute Gasteiger partial charge is 0.331 e. The zero-order chi connectivity index (χ0) is 12.6. The maximum absolute atomic E-state index is 5.43. The fourth-order valence-electron chi connectivity index (χ4n) is 2.47. The molecule has 0 saturated heterocycles. The van der Waals surface area contributed by atoms with Gasteiger partial charge in [0, 0.05) is 6.04 Å². The standard InChI is InChI=1S/C14H20N2S/c1-9(2)7-11(4)16-13-6-5-10(3)8-12(13)15-14(16)17/h5-6,8-9,11H,7H2,1-4H3,(H,15,17). The third-order valence-corrected chi connectivity index (χ3v) is 3.42. The van der Waals surface area contributed by atoms with Crippen LogP contribution >= 0.6 is 12.2 Å². The van der Waals surface area contributed by atoms with Gasteiger partial charge in [0.25, 0.3) is 0 Å². The molecule has 1 aromatic carbocycles. The Balaban J connectivity index is 2.53. The van der Waals surface area contributed by atoms with Crippen molar-refractivity contribution in [2.24, 2.45) is 5.92 Å². The summed E-state index contributed by atoms with van der Waals surface area (Å²) >= 11 is 5.43. The minimum Gasteiger partial charge on any atom is -0.331 e. The Morgan fingerprint density at radius 2 is 2.00 bits per heavy atom. The molecule has 0 aliphatic carbocycles. The van der Waals surface area contributed by atoms with Crippen LogP contribution in [0.1, 0.15) is 38.8 Å². The molecule has 0 saturated carbocycles. The van der Waals surface area contributed by atoms with Crippen molar-refractivity contribution in [1.29, 1.82) is 0 Å². The molecule has 0 amide bonds. The summed E-state index contributed by atoms with van der Waals surface area (Å²) in [6.45, 7) is 8.84. The van der Waals surface area contributed by atoms with Gasteiger partial charge in [-0.05, 0) is 56.1 Å². The van der Waals surface area contributed by atoms with Crippen LogP contribution in [-0.4, -0.2) is 9.55 Å². The molecule has 0 aliphatic rings. The normalized spacial score (nSPS) is 13.5. The Morgan fingerprint density at radius 1 is 1.29 bits per heavy atom. The van der Waals surface area contributed by atoms with Gasteiger partial charge in [-0.1, -0.05) is 19.9 Å². The molecule has 0 aliphatic heterocycles. The first-order chi connectivity index (χ1) is 7.99. The molecule has 2 nitrogen and oxygen atoms in total. The van der Waals surface area contributed by atoms with E-state index in [2.05, 4.69) is 55.4 Å². The van der Waals surface area contributed by atoms with Gasteiger partial charge in [-0.25, -0.2) is 0 Å². The number of fused-ring (bicyclic) bond motifs is 1. The topological polar surface area (TPSA) is 20.7 Å². The second kappa shape index (κ2) is 4.65. The van der Waals surface area contributed by atoms with Crippen LogP contribution in [0.15, 0.2) is 18.2 Å².